The van der Waals surface area contributed by atoms with Gasteiger partial charge in [0.15, 0.2) is 0 Å². The van der Waals surface area contributed by atoms with Crippen molar-refractivity contribution in [3.63, 3.8) is 0 Å². The molecular weight excluding hydrogens is 340 g/mol. The molecule has 27 heavy (non-hydrogen) atoms. The van der Waals surface area contributed by atoms with E-state index in [0.717, 1.165) is 22.4 Å². The number of piperazine rings is 1. The molecule has 1 fully saturated rings. The zero-order valence-corrected chi connectivity index (χ0v) is 16.1. The minimum atomic E-state index is -0.428. The van der Waals surface area contributed by atoms with Crippen LogP contribution < -0.4 is 4.74 Å². The molecule has 1 unspecified atom stereocenters. The number of benzene rings is 2. The summed E-state index contributed by atoms with van der Waals surface area (Å²) in [6.07, 6.45) is 0.943. The van der Waals surface area contributed by atoms with Gasteiger partial charge in [-0.05, 0) is 28.8 Å². The molecule has 2 amide bonds. The molecule has 0 N–H and O–H groups in total. The summed E-state index contributed by atoms with van der Waals surface area (Å²) in [7, 11) is 3.45. The lowest BCUT2D eigenvalue weighted by Crippen LogP contribution is -2.58. The Labute approximate surface area is 160 Å². The molecule has 0 aliphatic carbocycles. The number of ether oxygens (including phenoxy) is 1. The summed E-state index contributed by atoms with van der Waals surface area (Å²) in [6.45, 7) is 3.03. The monoisotopic (exact) mass is 366 g/mol. The molecule has 1 aliphatic rings. The summed E-state index contributed by atoms with van der Waals surface area (Å²) < 4.78 is 5.22. The molecule has 0 aromatic heterocycles. The molecule has 1 heterocycles. The van der Waals surface area contributed by atoms with Crippen LogP contribution in [0.4, 0.5) is 0 Å². The largest absolute Gasteiger partial charge is 0.497 e. The number of hydrogen-bond acceptors (Lipinski definition) is 3. The third kappa shape index (κ3) is 4.13. The van der Waals surface area contributed by atoms with Crippen LogP contribution in [0.1, 0.15) is 18.9 Å². The van der Waals surface area contributed by atoms with Crippen LogP contribution in [-0.4, -0.2) is 54.9 Å². The molecular formula is C22H26N2O3. The highest BCUT2D eigenvalue weighted by atomic mass is 16.5. The van der Waals surface area contributed by atoms with Gasteiger partial charge >= 0.3 is 0 Å². The topological polar surface area (TPSA) is 49.9 Å². The number of hydrogen-bond donors (Lipinski definition) is 0. The summed E-state index contributed by atoms with van der Waals surface area (Å²) in [4.78, 5) is 28.5. The van der Waals surface area contributed by atoms with Crippen molar-refractivity contribution in [1.82, 2.24) is 9.80 Å². The third-order valence-electron chi connectivity index (χ3n) is 5.12. The van der Waals surface area contributed by atoms with Crippen LogP contribution in [0, 0.1) is 0 Å². The van der Waals surface area contributed by atoms with Gasteiger partial charge < -0.3 is 14.5 Å². The van der Waals surface area contributed by atoms with Crippen molar-refractivity contribution in [1.29, 1.82) is 0 Å². The Morgan fingerprint density at radius 3 is 2.52 bits per heavy atom. The quantitative estimate of drug-likeness (QED) is 0.817. The van der Waals surface area contributed by atoms with Gasteiger partial charge in [-0.25, -0.2) is 0 Å². The Hall–Kier alpha value is -2.82. The Bertz CT molecular complexity index is 817. The van der Waals surface area contributed by atoms with Gasteiger partial charge in [0.05, 0.1) is 7.11 Å². The second-order valence-corrected chi connectivity index (χ2v) is 6.85. The van der Waals surface area contributed by atoms with Crippen LogP contribution >= 0.6 is 0 Å². The summed E-state index contributed by atoms with van der Waals surface area (Å²) in [6, 6.07) is 15.6. The molecule has 2 aromatic rings. The molecule has 1 atom stereocenters. The molecule has 3 rings (SSSR count). The number of nitrogens with zero attached hydrogens (tertiary/aromatic N) is 2. The number of amides is 2. The van der Waals surface area contributed by atoms with E-state index in [-0.39, 0.29) is 11.8 Å². The van der Waals surface area contributed by atoms with Gasteiger partial charge in [-0.1, -0.05) is 43.3 Å². The van der Waals surface area contributed by atoms with E-state index in [4.69, 9.17) is 4.74 Å². The van der Waals surface area contributed by atoms with Crippen LogP contribution in [0.25, 0.3) is 11.1 Å². The lowest BCUT2D eigenvalue weighted by atomic mass is 9.97. The van der Waals surface area contributed by atoms with Crippen molar-refractivity contribution in [2.75, 3.05) is 27.2 Å². The zero-order chi connectivity index (χ0) is 19.4. The number of methoxy groups -OCH3 is 1. The smallest absolute Gasteiger partial charge is 0.245 e. The van der Waals surface area contributed by atoms with Gasteiger partial charge in [-0.15, -0.1) is 0 Å². The van der Waals surface area contributed by atoms with Gasteiger partial charge in [0, 0.05) is 33.0 Å². The summed E-state index contributed by atoms with van der Waals surface area (Å²) in [5, 5.41) is 0. The van der Waals surface area contributed by atoms with Crippen LogP contribution in [0.15, 0.2) is 48.5 Å². The molecule has 0 radical (unpaired) electrons. The van der Waals surface area contributed by atoms with Crippen LogP contribution in [0.3, 0.4) is 0 Å². The molecule has 0 bridgehead atoms. The normalized spacial score (nSPS) is 17.1. The Balaban J connectivity index is 1.84. The second-order valence-electron chi connectivity index (χ2n) is 6.85. The number of rotatable bonds is 5. The molecule has 2 aromatic carbocycles. The number of likely N-dealkylation sites (N-methyl/N-ethyl adjacent to an activating group) is 1. The van der Waals surface area contributed by atoms with Crippen molar-refractivity contribution < 1.29 is 14.3 Å². The zero-order valence-electron chi connectivity index (χ0n) is 16.1. The summed E-state index contributed by atoms with van der Waals surface area (Å²) >= 11 is 0. The maximum absolute atomic E-state index is 12.7. The SMILES string of the molecule is CCC(=O)N1CCN(C)C(=O)C1Cc1cccc(-c2ccc(OC)cc2)c1. The maximum atomic E-state index is 12.7. The fourth-order valence-corrected chi connectivity index (χ4v) is 3.50. The average Bonchev–Trinajstić information content (AvgIpc) is 2.71. The minimum Gasteiger partial charge on any atom is -0.497 e. The Morgan fingerprint density at radius 1 is 1.11 bits per heavy atom. The van der Waals surface area contributed by atoms with Crippen LogP contribution in [-0.2, 0) is 16.0 Å². The molecule has 1 saturated heterocycles. The highest BCUT2D eigenvalue weighted by molar-refractivity contribution is 5.89. The van der Waals surface area contributed by atoms with Gasteiger partial charge in [0.1, 0.15) is 11.8 Å². The molecule has 142 valence electrons. The van der Waals surface area contributed by atoms with Gasteiger partial charge in [0.25, 0.3) is 0 Å². The average molecular weight is 366 g/mol. The summed E-state index contributed by atoms with van der Waals surface area (Å²) in [5.41, 5.74) is 3.22. The lowest BCUT2D eigenvalue weighted by Gasteiger charge is -2.39. The van der Waals surface area contributed by atoms with E-state index in [9.17, 15) is 9.59 Å². The number of carbonyl (C=O) groups is 2. The van der Waals surface area contributed by atoms with E-state index in [0.29, 0.717) is 25.9 Å². The fraction of sp³-hybridized carbons (Fsp3) is 0.364. The van der Waals surface area contributed by atoms with Gasteiger partial charge in [-0.2, -0.15) is 0 Å². The van der Waals surface area contributed by atoms with Crippen molar-refractivity contribution in [3.05, 3.63) is 54.1 Å². The van der Waals surface area contributed by atoms with E-state index in [1.807, 2.05) is 43.3 Å². The molecule has 5 nitrogen and oxygen atoms in total. The number of carbonyl (C=O) groups excluding carboxylic acids is 2. The molecule has 5 heteroatoms. The second kappa shape index (κ2) is 8.25. The van der Waals surface area contributed by atoms with Crippen LogP contribution in [0.2, 0.25) is 0 Å². The first-order valence-electron chi connectivity index (χ1n) is 9.31. The predicted octanol–water partition coefficient (Wildman–Crippen LogP) is 2.98. The Morgan fingerprint density at radius 2 is 1.85 bits per heavy atom. The van der Waals surface area contributed by atoms with Crippen LogP contribution in [0.5, 0.6) is 5.75 Å². The van der Waals surface area contributed by atoms with Crippen molar-refractivity contribution in [2.24, 2.45) is 0 Å². The first kappa shape index (κ1) is 19.0. The van der Waals surface area contributed by atoms with E-state index >= 15 is 0 Å². The molecule has 0 saturated carbocycles. The third-order valence-corrected chi connectivity index (χ3v) is 5.12. The highest BCUT2D eigenvalue weighted by Crippen LogP contribution is 2.25. The Kier molecular flexibility index (Phi) is 5.79. The van der Waals surface area contributed by atoms with Crippen molar-refractivity contribution >= 4 is 11.8 Å². The van der Waals surface area contributed by atoms with E-state index in [2.05, 4.69) is 12.1 Å². The first-order valence-corrected chi connectivity index (χ1v) is 9.31. The summed E-state index contributed by atoms with van der Waals surface area (Å²) in [5.74, 6) is 0.866. The predicted molar refractivity (Wildman–Crippen MR) is 106 cm³/mol. The molecule has 1 aliphatic heterocycles. The van der Waals surface area contributed by atoms with Gasteiger partial charge in [0.2, 0.25) is 11.8 Å². The van der Waals surface area contributed by atoms with Crippen molar-refractivity contribution in [3.8, 4) is 16.9 Å². The fourth-order valence-electron chi connectivity index (χ4n) is 3.50. The standard InChI is InChI=1S/C22H26N2O3/c1-4-21(25)24-13-12-23(2)22(26)20(24)15-16-6-5-7-18(14-16)17-8-10-19(27-3)11-9-17/h5-11,14,20H,4,12-13,15H2,1-3H3. The maximum Gasteiger partial charge on any atom is 0.245 e. The van der Waals surface area contributed by atoms with E-state index in [1.54, 1.807) is 24.0 Å². The van der Waals surface area contributed by atoms with E-state index < -0.39 is 6.04 Å². The van der Waals surface area contributed by atoms with Gasteiger partial charge in [-0.3, -0.25) is 9.59 Å². The first-order chi connectivity index (χ1) is 13.0. The minimum absolute atomic E-state index is 0.0119. The highest BCUT2D eigenvalue weighted by Gasteiger charge is 2.35. The van der Waals surface area contributed by atoms with Crippen molar-refractivity contribution in [2.45, 2.75) is 25.8 Å². The van der Waals surface area contributed by atoms with E-state index in [1.165, 1.54) is 0 Å². The lowest BCUT2D eigenvalue weighted by molar-refractivity contribution is -0.150. The molecule has 0 spiro atoms.